The number of halogens is 2. The number of carboxylic acids is 1. The van der Waals surface area contributed by atoms with E-state index in [4.69, 9.17) is 28.3 Å². The Morgan fingerprint density at radius 2 is 1.94 bits per heavy atom. The Labute approximate surface area is 106 Å². The maximum absolute atomic E-state index is 10.8. The highest BCUT2D eigenvalue weighted by atomic mass is 35.5. The number of aromatic carboxylic acids is 1. The minimum Gasteiger partial charge on any atom is -0.478 e. The molecule has 0 atom stereocenters. The van der Waals surface area contributed by atoms with E-state index in [0.29, 0.717) is 15.6 Å². The average Bonchev–Trinajstić information content (AvgIpc) is 2.65. The van der Waals surface area contributed by atoms with E-state index in [1.165, 1.54) is 23.5 Å². The van der Waals surface area contributed by atoms with Crippen molar-refractivity contribution in [1.82, 2.24) is 0 Å². The number of hydrogen-bond donors (Lipinski definition) is 1. The van der Waals surface area contributed by atoms with Gasteiger partial charge in [0.25, 0.3) is 0 Å². The largest absolute Gasteiger partial charge is 0.478 e. The number of carbonyl (C=O) groups is 1. The fourth-order valence-corrected chi connectivity index (χ4v) is 2.78. The molecule has 16 heavy (non-hydrogen) atoms. The molecule has 1 aromatic carbocycles. The summed E-state index contributed by atoms with van der Waals surface area (Å²) < 4.78 is 0. The van der Waals surface area contributed by atoms with Gasteiger partial charge in [-0.1, -0.05) is 23.2 Å². The van der Waals surface area contributed by atoms with Crippen molar-refractivity contribution in [3.8, 4) is 10.4 Å². The quantitative estimate of drug-likeness (QED) is 0.879. The van der Waals surface area contributed by atoms with E-state index in [-0.39, 0.29) is 5.56 Å². The molecule has 1 N–H and O–H groups in total. The summed E-state index contributed by atoms with van der Waals surface area (Å²) in [5.74, 6) is -0.981. The molecule has 0 unspecified atom stereocenters. The van der Waals surface area contributed by atoms with Gasteiger partial charge in [-0.3, -0.25) is 0 Å². The fourth-order valence-electron chi connectivity index (χ4n) is 1.32. The molecular formula is C11H6Cl2O2S. The summed E-state index contributed by atoms with van der Waals surface area (Å²) in [4.78, 5) is 11.6. The Kier molecular flexibility index (Phi) is 3.19. The van der Waals surface area contributed by atoms with Gasteiger partial charge >= 0.3 is 5.97 Å². The van der Waals surface area contributed by atoms with Crippen LogP contribution >= 0.6 is 34.5 Å². The molecule has 5 heteroatoms. The lowest BCUT2D eigenvalue weighted by Gasteiger charge is -2.04. The molecular weight excluding hydrogens is 267 g/mol. The number of carboxylic acid groups (broad SMARTS) is 1. The van der Waals surface area contributed by atoms with Gasteiger partial charge in [0.1, 0.15) is 0 Å². The molecule has 0 radical (unpaired) electrons. The zero-order chi connectivity index (χ0) is 11.7. The Bertz CT molecular complexity index is 549. The lowest BCUT2D eigenvalue weighted by Crippen LogP contribution is -1.96. The van der Waals surface area contributed by atoms with E-state index in [2.05, 4.69) is 0 Å². The van der Waals surface area contributed by atoms with Crippen LogP contribution in [0.5, 0.6) is 0 Å². The minimum atomic E-state index is -0.981. The van der Waals surface area contributed by atoms with Crippen molar-refractivity contribution in [3.05, 3.63) is 45.3 Å². The lowest BCUT2D eigenvalue weighted by atomic mass is 10.1. The number of benzene rings is 1. The molecule has 0 spiro atoms. The molecule has 0 saturated heterocycles. The smallest absolute Gasteiger partial charge is 0.335 e. The lowest BCUT2D eigenvalue weighted by molar-refractivity contribution is 0.0697. The average molecular weight is 273 g/mol. The zero-order valence-corrected chi connectivity index (χ0v) is 10.2. The van der Waals surface area contributed by atoms with E-state index < -0.39 is 5.97 Å². The molecule has 2 aromatic rings. The Morgan fingerprint density at radius 1 is 1.19 bits per heavy atom. The first-order valence-corrected chi connectivity index (χ1v) is 5.99. The van der Waals surface area contributed by atoms with E-state index in [1.54, 1.807) is 12.1 Å². The summed E-state index contributed by atoms with van der Waals surface area (Å²) in [6.07, 6.45) is 0. The van der Waals surface area contributed by atoms with Crippen molar-refractivity contribution in [3.63, 3.8) is 0 Å². The van der Waals surface area contributed by atoms with Gasteiger partial charge < -0.3 is 5.11 Å². The van der Waals surface area contributed by atoms with E-state index >= 15 is 0 Å². The number of rotatable bonds is 2. The van der Waals surface area contributed by atoms with Gasteiger partial charge in [0.05, 0.1) is 15.5 Å². The van der Waals surface area contributed by atoms with Crippen molar-refractivity contribution in [2.24, 2.45) is 0 Å². The van der Waals surface area contributed by atoms with Crippen molar-refractivity contribution in [1.29, 1.82) is 0 Å². The Hall–Kier alpha value is -1.03. The van der Waals surface area contributed by atoms with Crippen LogP contribution < -0.4 is 0 Å². The normalized spacial score (nSPS) is 10.4. The summed E-state index contributed by atoms with van der Waals surface area (Å²) in [6.45, 7) is 0. The second-order valence-electron chi connectivity index (χ2n) is 3.10. The fraction of sp³-hybridized carbons (Fsp3) is 0. The monoisotopic (exact) mass is 272 g/mol. The van der Waals surface area contributed by atoms with E-state index in [0.717, 1.165) is 4.88 Å². The second-order valence-corrected chi connectivity index (χ2v) is 4.83. The second kappa shape index (κ2) is 4.45. The molecule has 2 nitrogen and oxygen atoms in total. The maximum Gasteiger partial charge on any atom is 0.335 e. The Balaban J connectivity index is 2.60. The van der Waals surface area contributed by atoms with Gasteiger partial charge in [-0.25, -0.2) is 4.79 Å². The summed E-state index contributed by atoms with van der Waals surface area (Å²) in [5.41, 5.74) is 0.852. The molecule has 1 heterocycles. The third-order valence-corrected chi connectivity index (χ3v) is 3.78. The van der Waals surface area contributed by atoms with Gasteiger partial charge in [0, 0.05) is 10.6 Å². The molecule has 0 aliphatic rings. The molecule has 2 rings (SSSR count). The van der Waals surface area contributed by atoms with Gasteiger partial charge in [0.2, 0.25) is 0 Å². The van der Waals surface area contributed by atoms with Gasteiger partial charge in [0.15, 0.2) is 0 Å². The standard InChI is InChI=1S/C11H6Cl2O2S/c12-8-2-1-6(11(14)15)5-7(8)10-9(13)3-4-16-10/h1-5H,(H,14,15). The van der Waals surface area contributed by atoms with Crippen LogP contribution in [0.2, 0.25) is 10.0 Å². The highest BCUT2D eigenvalue weighted by Crippen LogP contribution is 2.37. The van der Waals surface area contributed by atoms with Gasteiger partial charge in [-0.2, -0.15) is 0 Å². The van der Waals surface area contributed by atoms with Crippen molar-refractivity contribution in [2.75, 3.05) is 0 Å². The SMILES string of the molecule is O=C(O)c1ccc(Cl)c(-c2sccc2Cl)c1. The van der Waals surface area contributed by atoms with Crippen LogP contribution in [0.4, 0.5) is 0 Å². The van der Waals surface area contributed by atoms with Crippen molar-refractivity contribution in [2.45, 2.75) is 0 Å². The highest BCUT2D eigenvalue weighted by Gasteiger charge is 2.12. The van der Waals surface area contributed by atoms with Crippen LogP contribution in [0.25, 0.3) is 10.4 Å². The van der Waals surface area contributed by atoms with Crippen molar-refractivity contribution < 1.29 is 9.90 Å². The van der Waals surface area contributed by atoms with Gasteiger partial charge in [-0.05, 0) is 29.6 Å². The van der Waals surface area contributed by atoms with Crippen LogP contribution in [0.3, 0.4) is 0 Å². The Morgan fingerprint density at radius 3 is 2.50 bits per heavy atom. The topological polar surface area (TPSA) is 37.3 Å². The van der Waals surface area contributed by atoms with Crippen LogP contribution in [0, 0.1) is 0 Å². The van der Waals surface area contributed by atoms with Crippen LogP contribution in [0.1, 0.15) is 10.4 Å². The highest BCUT2D eigenvalue weighted by molar-refractivity contribution is 7.14. The molecule has 0 amide bonds. The third-order valence-electron chi connectivity index (χ3n) is 2.08. The third kappa shape index (κ3) is 2.07. The molecule has 0 fully saturated rings. The van der Waals surface area contributed by atoms with Crippen LogP contribution in [0.15, 0.2) is 29.6 Å². The number of hydrogen-bond acceptors (Lipinski definition) is 2. The van der Waals surface area contributed by atoms with Crippen molar-refractivity contribution >= 4 is 40.5 Å². The molecule has 0 bridgehead atoms. The summed E-state index contributed by atoms with van der Waals surface area (Å²) in [5, 5.41) is 11.8. The van der Waals surface area contributed by atoms with Crippen LogP contribution in [-0.4, -0.2) is 11.1 Å². The maximum atomic E-state index is 10.8. The first-order valence-electron chi connectivity index (χ1n) is 4.36. The zero-order valence-electron chi connectivity index (χ0n) is 7.91. The molecule has 82 valence electrons. The van der Waals surface area contributed by atoms with E-state index in [9.17, 15) is 4.79 Å². The molecule has 0 aliphatic heterocycles. The molecule has 0 saturated carbocycles. The first-order chi connectivity index (χ1) is 7.59. The first kappa shape index (κ1) is 11.5. The van der Waals surface area contributed by atoms with E-state index in [1.807, 2.05) is 5.38 Å². The molecule has 0 aliphatic carbocycles. The van der Waals surface area contributed by atoms with Crippen LogP contribution in [-0.2, 0) is 0 Å². The summed E-state index contributed by atoms with van der Waals surface area (Å²) in [6, 6.07) is 6.32. The number of thiophene rings is 1. The summed E-state index contributed by atoms with van der Waals surface area (Å²) in [7, 11) is 0. The molecule has 1 aromatic heterocycles. The summed E-state index contributed by atoms with van der Waals surface area (Å²) >= 11 is 13.4. The predicted octanol–water partition coefficient (Wildman–Crippen LogP) is 4.42. The predicted molar refractivity (Wildman–Crippen MR) is 66.7 cm³/mol. The van der Waals surface area contributed by atoms with Gasteiger partial charge in [-0.15, -0.1) is 11.3 Å². The minimum absolute atomic E-state index is 0.198.